The smallest absolute Gasteiger partial charge is 0.00981 e. The van der Waals surface area contributed by atoms with Crippen molar-refractivity contribution in [1.29, 1.82) is 0 Å². The molecule has 2 rings (SSSR count). The summed E-state index contributed by atoms with van der Waals surface area (Å²) in [6, 6.07) is 1.88. The fraction of sp³-hybridized carbons (Fsp3) is 1.00. The van der Waals surface area contributed by atoms with Gasteiger partial charge in [-0.3, -0.25) is 4.90 Å². The minimum Gasteiger partial charge on any atom is -0.297 e. The summed E-state index contributed by atoms with van der Waals surface area (Å²) < 4.78 is 0. The van der Waals surface area contributed by atoms with Crippen LogP contribution in [0.4, 0.5) is 0 Å². The molecule has 2 aliphatic rings. The van der Waals surface area contributed by atoms with E-state index in [0.717, 1.165) is 12.1 Å². The Labute approximate surface area is 172 Å². The standard InChI is InChI=1S/C26H51N/c1-2-3-4-5-6-7-8-9-10-11-12-19-24-27(25-20-15-13-16-21-25)26-22-17-14-18-23-26/h25-26H,2-24H2,1H3. The quantitative estimate of drug-likeness (QED) is 0.258. The van der Waals surface area contributed by atoms with Crippen molar-refractivity contribution in [2.45, 2.75) is 160 Å². The third-order valence-electron chi connectivity index (χ3n) is 7.36. The average molecular weight is 378 g/mol. The van der Waals surface area contributed by atoms with E-state index in [1.165, 1.54) is 148 Å². The molecule has 0 atom stereocenters. The Morgan fingerprint density at radius 3 is 1.26 bits per heavy atom. The molecule has 0 aromatic rings. The van der Waals surface area contributed by atoms with E-state index >= 15 is 0 Å². The van der Waals surface area contributed by atoms with E-state index < -0.39 is 0 Å². The van der Waals surface area contributed by atoms with Crippen molar-refractivity contribution < 1.29 is 0 Å². The van der Waals surface area contributed by atoms with E-state index in [2.05, 4.69) is 11.8 Å². The lowest BCUT2D eigenvalue weighted by molar-refractivity contribution is 0.0788. The third kappa shape index (κ3) is 10.3. The van der Waals surface area contributed by atoms with E-state index in [1.54, 1.807) is 0 Å². The van der Waals surface area contributed by atoms with Crippen LogP contribution in [0.3, 0.4) is 0 Å². The van der Waals surface area contributed by atoms with Gasteiger partial charge in [0.1, 0.15) is 0 Å². The van der Waals surface area contributed by atoms with Crippen LogP contribution in [0.5, 0.6) is 0 Å². The first-order valence-electron chi connectivity index (χ1n) is 13.2. The van der Waals surface area contributed by atoms with E-state index in [0.29, 0.717) is 0 Å². The molecule has 0 aromatic carbocycles. The predicted molar refractivity (Wildman–Crippen MR) is 122 cm³/mol. The molecule has 2 saturated carbocycles. The van der Waals surface area contributed by atoms with Gasteiger partial charge in [0.05, 0.1) is 0 Å². The van der Waals surface area contributed by atoms with Crippen LogP contribution in [0.25, 0.3) is 0 Å². The van der Waals surface area contributed by atoms with Crippen molar-refractivity contribution in [3.05, 3.63) is 0 Å². The monoisotopic (exact) mass is 377 g/mol. The summed E-state index contributed by atoms with van der Waals surface area (Å²) in [5.74, 6) is 0. The lowest BCUT2D eigenvalue weighted by Crippen LogP contribution is -2.45. The lowest BCUT2D eigenvalue weighted by atomic mass is 9.88. The molecule has 2 aliphatic carbocycles. The Morgan fingerprint density at radius 2 is 0.852 bits per heavy atom. The van der Waals surface area contributed by atoms with Crippen LogP contribution < -0.4 is 0 Å². The molecule has 1 heteroatoms. The van der Waals surface area contributed by atoms with Gasteiger partial charge in [0.2, 0.25) is 0 Å². The molecule has 0 radical (unpaired) electrons. The summed E-state index contributed by atoms with van der Waals surface area (Å²) in [6.07, 6.45) is 32.6. The highest BCUT2D eigenvalue weighted by Crippen LogP contribution is 2.30. The molecule has 0 unspecified atom stereocenters. The highest BCUT2D eigenvalue weighted by atomic mass is 15.2. The van der Waals surface area contributed by atoms with Crippen molar-refractivity contribution in [2.75, 3.05) is 6.54 Å². The SMILES string of the molecule is CCCCCCCCCCCCCCN(C1CCCCC1)C1CCCCC1. The summed E-state index contributed by atoms with van der Waals surface area (Å²) in [5, 5.41) is 0. The van der Waals surface area contributed by atoms with E-state index in [1.807, 2.05) is 0 Å². The minimum absolute atomic E-state index is 0.939. The van der Waals surface area contributed by atoms with Crippen molar-refractivity contribution in [1.82, 2.24) is 4.90 Å². The summed E-state index contributed by atoms with van der Waals surface area (Å²) >= 11 is 0. The molecule has 0 N–H and O–H groups in total. The third-order valence-corrected chi connectivity index (χ3v) is 7.36. The Bertz CT molecular complexity index is 296. The molecule has 0 amide bonds. The van der Waals surface area contributed by atoms with Gasteiger partial charge in [0.15, 0.2) is 0 Å². The second kappa shape index (κ2) is 15.8. The van der Waals surface area contributed by atoms with Gasteiger partial charge in [-0.25, -0.2) is 0 Å². The van der Waals surface area contributed by atoms with Gasteiger partial charge in [-0.2, -0.15) is 0 Å². The van der Waals surface area contributed by atoms with Crippen molar-refractivity contribution in [3.63, 3.8) is 0 Å². The fourth-order valence-electron chi connectivity index (χ4n) is 5.62. The maximum atomic E-state index is 3.01. The summed E-state index contributed by atoms with van der Waals surface area (Å²) in [7, 11) is 0. The molecule has 0 aliphatic heterocycles. The van der Waals surface area contributed by atoms with E-state index in [9.17, 15) is 0 Å². The summed E-state index contributed by atoms with van der Waals surface area (Å²) in [6.45, 7) is 3.72. The van der Waals surface area contributed by atoms with Gasteiger partial charge >= 0.3 is 0 Å². The normalized spacial score (nSPS) is 19.8. The number of hydrogen-bond acceptors (Lipinski definition) is 1. The van der Waals surface area contributed by atoms with Gasteiger partial charge in [-0.1, -0.05) is 116 Å². The zero-order valence-electron chi connectivity index (χ0n) is 18.9. The van der Waals surface area contributed by atoms with Crippen LogP contribution in [0.15, 0.2) is 0 Å². The number of rotatable bonds is 15. The largest absolute Gasteiger partial charge is 0.297 e. The maximum Gasteiger partial charge on any atom is 0.00981 e. The Kier molecular flexibility index (Phi) is 13.6. The van der Waals surface area contributed by atoms with Gasteiger partial charge in [0, 0.05) is 12.1 Å². The molecule has 1 nitrogen and oxygen atoms in total. The van der Waals surface area contributed by atoms with Crippen LogP contribution in [-0.4, -0.2) is 23.5 Å². The average Bonchev–Trinajstić information content (AvgIpc) is 2.73. The lowest BCUT2D eigenvalue weighted by Gasteiger charge is -2.41. The molecule has 0 saturated heterocycles. The first-order valence-corrected chi connectivity index (χ1v) is 13.2. The number of hydrogen-bond donors (Lipinski definition) is 0. The second-order valence-electron chi connectivity index (χ2n) is 9.71. The van der Waals surface area contributed by atoms with Crippen LogP contribution >= 0.6 is 0 Å². The molecule has 27 heavy (non-hydrogen) atoms. The highest BCUT2D eigenvalue weighted by molar-refractivity contribution is 4.83. The predicted octanol–water partition coefficient (Wildman–Crippen LogP) is 8.65. The van der Waals surface area contributed by atoms with Crippen molar-refractivity contribution in [2.24, 2.45) is 0 Å². The van der Waals surface area contributed by atoms with Crippen LogP contribution in [0.1, 0.15) is 148 Å². The van der Waals surface area contributed by atoms with Crippen LogP contribution in [0, 0.1) is 0 Å². The molecule has 0 aromatic heterocycles. The first-order chi connectivity index (χ1) is 13.4. The molecule has 2 fully saturated rings. The Balaban J connectivity index is 1.50. The van der Waals surface area contributed by atoms with Crippen molar-refractivity contribution in [3.8, 4) is 0 Å². The van der Waals surface area contributed by atoms with E-state index in [4.69, 9.17) is 0 Å². The van der Waals surface area contributed by atoms with E-state index in [-0.39, 0.29) is 0 Å². The maximum absolute atomic E-state index is 3.01. The summed E-state index contributed by atoms with van der Waals surface area (Å²) in [5.41, 5.74) is 0. The summed E-state index contributed by atoms with van der Waals surface area (Å²) in [4.78, 5) is 3.01. The molecule has 0 bridgehead atoms. The van der Waals surface area contributed by atoms with Gasteiger partial charge in [0.25, 0.3) is 0 Å². The number of nitrogens with zero attached hydrogens (tertiary/aromatic N) is 1. The van der Waals surface area contributed by atoms with Gasteiger partial charge in [-0.15, -0.1) is 0 Å². The molecular weight excluding hydrogens is 326 g/mol. The fourth-order valence-corrected chi connectivity index (χ4v) is 5.62. The zero-order valence-corrected chi connectivity index (χ0v) is 18.9. The first kappa shape index (κ1) is 23.2. The van der Waals surface area contributed by atoms with Crippen LogP contribution in [-0.2, 0) is 0 Å². The van der Waals surface area contributed by atoms with Gasteiger partial charge < -0.3 is 0 Å². The molecule has 160 valence electrons. The Morgan fingerprint density at radius 1 is 0.481 bits per heavy atom. The molecular formula is C26H51N. The molecule has 0 heterocycles. The van der Waals surface area contributed by atoms with Gasteiger partial charge in [-0.05, 0) is 38.6 Å². The van der Waals surface area contributed by atoms with Crippen LogP contribution in [0.2, 0.25) is 0 Å². The topological polar surface area (TPSA) is 3.24 Å². The Hall–Kier alpha value is -0.0400. The zero-order chi connectivity index (χ0) is 19.0. The van der Waals surface area contributed by atoms with Crippen molar-refractivity contribution >= 4 is 0 Å². The second-order valence-corrected chi connectivity index (χ2v) is 9.71. The minimum atomic E-state index is 0.939. The number of unbranched alkanes of at least 4 members (excludes halogenated alkanes) is 11. The highest BCUT2D eigenvalue weighted by Gasteiger charge is 2.28. The molecule has 0 spiro atoms.